The number of pyridine rings is 1. The van der Waals surface area contributed by atoms with Crippen molar-refractivity contribution in [3.05, 3.63) is 33.7 Å². The molecule has 1 aromatic heterocycles. The molecule has 0 radical (unpaired) electrons. The lowest BCUT2D eigenvalue weighted by Crippen LogP contribution is -2.14. The summed E-state index contributed by atoms with van der Waals surface area (Å²) < 4.78 is 0. The number of hydrogen-bond donors (Lipinski definition) is 2. The number of H-pyrrole nitrogens is 1. The lowest BCUT2D eigenvalue weighted by atomic mass is 10.1. The Bertz CT molecular complexity index is 408. The first-order valence-corrected chi connectivity index (χ1v) is 4.13. The summed E-state index contributed by atoms with van der Waals surface area (Å²) in [6.45, 7) is 0. The van der Waals surface area contributed by atoms with Gasteiger partial charge in [-0.25, -0.2) is 0 Å². The van der Waals surface area contributed by atoms with E-state index in [1.54, 1.807) is 6.07 Å². The summed E-state index contributed by atoms with van der Waals surface area (Å²) in [5.41, 5.74) is 1.30. The van der Waals surface area contributed by atoms with Crippen molar-refractivity contribution in [2.45, 2.75) is 18.8 Å². The summed E-state index contributed by atoms with van der Waals surface area (Å²) in [4.78, 5) is 24.3. The fourth-order valence-corrected chi connectivity index (χ4v) is 1.74. The Hall–Kier alpha value is -1.58. The highest BCUT2D eigenvalue weighted by Crippen LogP contribution is 2.30. The van der Waals surface area contributed by atoms with Crippen LogP contribution in [-0.4, -0.2) is 16.1 Å². The van der Waals surface area contributed by atoms with E-state index in [0.29, 0.717) is 12.1 Å². The molecule has 1 aliphatic rings. The number of carboxylic acid groups (broad SMARTS) is 1. The molecule has 0 fully saturated rings. The predicted octanol–water partition coefficient (Wildman–Crippen LogP) is 0.489. The molecular formula is C9H9NO3. The van der Waals surface area contributed by atoms with Crippen LogP contribution in [0.15, 0.2) is 16.9 Å². The highest BCUT2D eigenvalue weighted by atomic mass is 16.4. The maximum Gasteiger partial charge on any atom is 0.312 e. The minimum Gasteiger partial charge on any atom is -0.481 e. The van der Waals surface area contributed by atoms with Crippen molar-refractivity contribution in [1.29, 1.82) is 0 Å². The molecule has 0 amide bonds. The molecule has 2 rings (SSSR count). The molecule has 0 bridgehead atoms. The van der Waals surface area contributed by atoms with Crippen LogP contribution < -0.4 is 5.56 Å². The maximum absolute atomic E-state index is 10.9. The van der Waals surface area contributed by atoms with E-state index < -0.39 is 11.9 Å². The van der Waals surface area contributed by atoms with Crippen LogP contribution in [0.1, 0.15) is 23.6 Å². The molecule has 0 saturated carbocycles. The zero-order chi connectivity index (χ0) is 9.42. The van der Waals surface area contributed by atoms with Crippen molar-refractivity contribution in [2.75, 3.05) is 0 Å². The van der Waals surface area contributed by atoms with Gasteiger partial charge < -0.3 is 10.1 Å². The van der Waals surface area contributed by atoms with Crippen molar-refractivity contribution >= 4 is 5.97 Å². The Morgan fingerprint density at radius 3 is 3.00 bits per heavy atom. The highest BCUT2D eigenvalue weighted by molar-refractivity contribution is 5.76. The van der Waals surface area contributed by atoms with Gasteiger partial charge in [-0.05, 0) is 18.4 Å². The number of aryl methyl sites for hydroxylation is 1. The minimum atomic E-state index is -0.861. The first kappa shape index (κ1) is 8.04. The molecule has 0 aliphatic heterocycles. The lowest BCUT2D eigenvalue weighted by Gasteiger charge is -2.03. The average molecular weight is 179 g/mol. The number of aromatic amines is 1. The van der Waals surface area contributed by atoms with Crippen molar-refractivity contribution in [2.24, 2.45) is 0 Å². The van der Waals surface area contributed by atoms with E-state index in [1.165, 1.54) is 6.07 Å². The Balaban J connectivity index is 2.52. The summed E-state index contributed by atoms with van der Waals surface area (Å²) in [5, 5.41) is 8.83. The molecule has 0 saturated heterocycles. The monoisotopic (exact) mass is 179 g/mol. The first-order valence-electron chi connectivity index (χ1n) is 4.13. The molecule has 4 nitrogen and oxygen atoms in total. The second kappa shape index (κ2) is 2.73. The molecule has 13 heavy (non-hydrogen) atoms. The van der Waals surface area contributed by atoms with E-state index >= 15 is 0 Å². The lowest BCUT2D eigenvalue weighted by molar-refractivity contribution is -0.138. The van der Waals surface area contributed by atoms with Crippen LogP contribution in [0, 0.1) is 0 Å². The Labute approximate surface area is 74.2 Å². The average Bonchev–Trinajstić information content (AvgIpc) is 2.46. The van der Waals surface area contributed by atoms with Gasteiger partial charge in [0.05, 0.1) is 5.92 Å². The zero-order valence-corrected chi connectivity index (χ0v) is 6.91. The van der Waals surface area contributed by atoms with Crippen LogP contribution in [0.4, 0.5) is 0 Å². The second-order valence-electron chi connectivity index (χ2n) is 3.19. The fourth-order valence-electron chi connectivity index (χ4n) is 1.74. The van der Waals surface area contributed by atoms with E-state index in [1.807, 2.05) is 0 Å². The topological polar surface area (TPSA) is 70.2 Å². The summed E-state index contributed by atoms with van der Waals surface area (Å²) in [6.07, 6.45) is 1.33. The van der Waals surface area contributed by atoms with Crippen LogP contribution in [-0.2, 0) is 11.2 Å². The molecule has 0 aromatic carbocycles. The Kier molecular flexibility index (Phi) is 1.69. The van der Waals surface area contributed by atoms with Crippen molar-refractivity contribution in [1.82, 2.24) is 4.98 Å². The van der Waals surface area contributed by atoms with Gasteiger partial charge in [-0.15, -0.1) is 0 Å². The van der Waals surface area contributed by atoms with Crippen LogP contribution >= 0.6 is 0 Å². The summed E-state index contributed by atoms with van der Waals surface area (Å²) in [7, 11) is 0. The standard InChI is InChI=1S/C9H9NO3/c11-7-4-2-5-1-3-6(9(12)13)8(5)10-7/h2,4,6H,1,3H2,(H,10,11)(H,12,13)/t6-/m1/s1. The SMILES string of the molecule is O=C(O)[C@@H]1CCc2ccc(=O)[nH]c21. The highest BCUT2D eigenvalue weighted by Gasteiger charge is 2.28. The Morgan fingerprint density at radius 1 is 1.54 bits per heavy atom. The second-order valence-corrected chi connectivity index (χ2v) is 3.19. The molecule has 1 atom stereocenters. The van der Waals surface area contributed by atoms with E-state index in [-0.39, 0.29) is 5.56 Å². The number of carbonyl (C=O) groups is 1. The van der Waals surface area contributed by atoms with Crippen LogP contribution in [0.25, 0.3) is 0 Å². The minimum absolute atomic E-state index is 0.230. The van der Waals surface area contributed by atoms with Gasteiger partial charge in [0.15, 0.2) is 0 Å². The maximum atomic E-state index is 10.9. The van der Waals surface area contributed by atoms with Crippen LogP contribution in [0.5, 0.6) is 0 Å². The third kappa shape index (κ3) is 1.24. The number of fused-ring (bicyclic) bond motifs is 1. The number of carboxylic acids is 1. The first-order chi connectivity index (χ1) is 6.18. The summed E-state index contributed by atoms with van der Waals surface area (Å²) in [6, 6.07) is 3.14. The predicted molar refractivity (Wildman–Crippen MR) is 45.8 cm³/mol. The molecule has 2 N–H and O–H groups in total. The van der Waals surface area contributed by atoms with E-state index in [9.17, 15) is 9.59 Å². The van der Waals surface area contributed by atoms with Crippen molar-refractivity contribution < 1.29 is 9.90 Å². The van der Waals surface area contributed by atoms with Gasteiger partial charge >= 0.3 is 5.97 Å². The van der Waals surface area contributed by atoms with E-state index in [4.69, 9.17) is 5.11 Å². The molecule has 1 aliphatic carbocycles. The van der Waals surface area contributed by atoms with Gasteiger partial charge in [0.1, 0.15) is 0 Å². The molecule has 0 unspecified atom stereocenters. The van der Waals surface area contributed by atoms with Gasteiger partial charge in [-0.3, -0.25) is 9.59 Å². The zero-order valence-electron chi connectivity index (χ0n) is 6.91. The van der Waals surface area contributed by atoms with Crippen LogP contribution in [0.2, 0.25) is 0 Å². The molecular weight excluding hydrogens is 170 g/mol. The number of rotatable bonds is 1. The van der Waals surface area contributed by atoms with Gasteiger partial charge in [0.25, 0.3) is 0 Å². The molecule has 1 aromatic rings. The van der Waals surface area contributed by atoms with E-state index in [2.05, 4.69) is 4.98 Å². The molecule has 68 valence electrons. The van der Waals surface area contributed by atoms with Gasteiger partial charge in [-0.1, -0.05) is 6.07 Å². The largest absolute Gasteiger partial charge is 0.481 e. The van der Waals surface area contributed by atoms with Crippen molar-refractivity contribution in [3.63, 3.8) is 0 Å². The van der Waals surface area contributed by atoms with Gasteiger partial charge in [0, 0.05) is 11.8 Å². The number of hydrogen-bond acceptors (Lipinski definition) is 2. The quantitative estimate of drug-likeness (QED) is 0.659. The third-order valence-electron chi connectivity index (χ3n) is 2.39. The van der Waals surface area contributed by atoms with Crippen LogP contribution in [0.3, 0.4) is 0 Å². The smallest absolute Gasteiger partial charge is 0.312 e. The van der Waals surface area contributed by atoms with Gasteiger partial charge in [-0.2, -0.15) is 0 Å². The van der Waals surface area contributed by atoms with E-state index in [0.717, 1.165) is 12.0 Å². The summed E-state index contributed by atoms with van der Waals surface area (Å²) >= 11 is 0. The summed E-state index contributed by atoms with van der Waals surface area (Å²) in [5.74, 6) is -1.38. The molecule has 1 heterocycles. The third-order valence-corrected chi connectivity index (χ3v) is 2.39. The Morgan fingerprint density at radius 2 is 2.31 bits per heavy atom. The number of aromatic nitrogens is 1. The molecule has 0 spiro atoms. The fraction of sp³-hybridized carbons (Fsp3) is 0.333. The number of aliphatic carboxylic acids is 1. The molecule has 4 heteroatoms. The van der Waals surface area contributed by atoms with Gasteiger partial charge in [0.2, 0.25) is 5.56 Å². The van der Waals surface area contributed by atoms with Crippen molar-refractivity contribution in [3.8, 4) is 0 Å². The number of nitrogens with one attached hydrogen (secondary N) is 1. The normalized spacial score (nSPS) is 19.8.